The zero-order chi connectivity index (χ0) is 34.3. The Hall–Kier alpha value is -2.11. The van der Waals surface area contributed by atoms with Crippen molar-refractivity contribution in [2.75, 3.05) is 13.1 Å². The van der Waals surface area contributed by atoms with E-state index in [1.165, 1.54) is 10.0 Å². The molecule has 0 spiro atoms. The molecule has 6 atom stereocenters. The topological polar surface area (TPSA) is 262 Å². The molecule has 4 fully saturated rings. The van der Waals surface area contributed by atoms with Gasteiger partial charge in [-0.3, -0.25) is 48.4 Å². The Bertz CT molecular complexity index is 1150. The van der Waals surface area contributed by atoms with E-state index in [9.17, 15) is 38.4 Å². The number of nitrogens with zero attached hydrogens (tertiary/aromatic N) is 4. The van der Waals surface area contributed by atoms with E-state index in [0.29, 0.717) is 38.8 Å². The third-order valence-corrected chi connectivity index (χ3v) is 8.07. The minimum atomic E-state index is -1.06. The molecule has 0 bridgehead atoms. The minimum absolute atomic E-state index is 0. The first kappa shape index (κ1) is 43.9. The molecule has 4 unspecified atom stereocenters. The van der Waals surface area contributed by atoms with Crippen LogP contribution in [0.3, 0.4) is 0 Å². The summed E-state index contributed by atoms with van der Waals surface area (Å²) in [4.78, 5) is 95.2. The van der Waals surface area contributed by atoms with Crippen LogP contribution >= 0.6 is 0 Å². The summed E-state index contributed by atoms with van der Waals surface area (Å²) in [6.07, 6.45) is 1.98. The van der Waals surface area contributed by atoms with Crippen LogP contribution in [0.4, 0.5) is 0 Å². The van der Waals surface area contributed by atoms with Gasteiger partial charge >= 0.3 is 11.9 Å². The third-order valence-electron chi connectivity index (χ3n) is 8.07. The minimum Gasteiger partial charge on any atom is -0.667 e. The average molecular weight is 829 g/mol. The van der Waals surface area contributed by atoms with Gasteiger partial charge in [-0.1, -0.05) is 24.9 Å². The van der Waals surface area contributed by atoms with Gasteiger partial charge in [0.25, 0.3) is 0 Å². The fraction of sp³-hybridized carbons (Fsp3) is 0.714. The molecule has 4 saturated heterocycles. The van der Waals surface area contributed by atoms with Crippen molar-refractivity contribution in [1.82, 2.24) is 30.7 Å². The number of carbonyl (C=O) groups excluding carboxylic acids is 6. The fourth-order valence-electron chi connectivity index (χ4n) is 5.85. The Balaban J connectivity index is 0.000000461. The molecule has 18 nitrogen and oxygen atoms in total. The van der Waals surface area contributed by atoms with Gasteiger partial charge in [0.1, 0.15) is 12.1 Å². The number of fused-ring (bicyclic) bond motifs is 2. The number of carboxylic acids is 2. The first-order valence-corrected chi connectivity index (χ1v) is 15.4. The van der Waals surface area contributed by atoms with E-state index in [-0.39, 0.29) is 116 Å². The molecule has 4 aliphatic heterocycles. The molecule has 0 aromatic carbocycles. The van der Waals surface area contributed by atoms with E-state index in [2.05, 4.69) is 10.6 Å². The van der Waals surface area contributed by atoms with Crippen LogP contribution in [0, 0.1) is 0 Å². The molecule has 262 valence electrons. The summed E-state index contributed by atoms with van der Waals surface area (Å²) >= 11 is 0. The summed E-state index contributed by atoms with van der Waals surface area (Å²) in [5.41, 5.74) is 15.6. The smallest absolute Gasteiger partial charge is 0.305 e. The normalized spacial score (nSPS) is 25.2. The van der Waals surface area contributed by atoms with Crippen molar-refractivity contribution in [3.05, 3.63) is 11.5 Å². The van der Waals surface area contributed by atoms with Gasteiger partial charge < -0.3 is 32.3 Å². The maximum Gasteiger partial charge on any atom is 0.305 e. The maximum atomic E-state index is 12.4. The van der Waals surface area contributed by atoms with Crippen LogP contribution in [-0.2, 0) is 104 Å². The largest absolute Gasteiger partial charge is 0.667 e. The zero-order valence-electron chi connectivity index (χ0n) is 27.1. The average Bonchev–Trinajstić information content (AvgIpc) is 3.17. The summed E-state index contributed by atoms with van der Waals surface area (Å²) in [6.45, 7) is 3.84. The number of rotatable bonds is 8. The van der Waals surface area contributed by atoms with Gasteiger partial charge in [0.15, 0.2) is 0 Å². The first-order chi connectivity index (χ1) is 21.6. The Kier molecular flexibility index (Phi) is 18.2. The number of amides is 6. The van der Waals surface area contributed by atoms with E-state index >= 15 is 0 Å². The number of hydrazine groups is 2. The second-order valence-electron chi connectivity index (χ2n) is 11.9. The maximum absolute atomic E-state index is 12.4. The van der Waals surface area contributed by atoms with Crippen molar-refractivity contribution in [3.8, 4) is 0 Å². The Morgan fingerprint density at radius 3 is 1.33 bits per heavy atom. The molecule has 4 heterocycles. The van der Waals surface area contributed by atoms with Crippen LogP contribution in [0.5, 0.6) is 0 Å². The van der Waals surface area contributed by atoms with Crippen molar-refractivity contribution in [1.29, 1.82) is 0 Å². The van der Waals surface area contributed by atoms with Crippen molar-refractivity contribution < 1.29 is 114 Å². The molecule has 4 aliphatic rings. The predicted octanol–water partition coefficient (Wildman–Crippen LogP) is -0.175. The second-order valence-corrected chi connectivity index (χ2v) is 11.9. The van der Waals surface area contributed by atoms with Gasteiger partial charge in [-0.25, -0.2) is 10.0 Å². The van der Waals surface area contributed by atoms with Crippen LogP contribution in [0.2, 0.25) is 0 Å². The molecule has 0 aromatic heterocycles. The van der Waals surface area contributed by atoms with E-state index in [4.69, 9.17) is 21.7 Å². The summed E-state index contributed by atoms with van der Waals surface area (Å²) in [6, 6.07) is -5.03. The summed E-state index contributed by atoms with van der Waals surface area (Å²) in [7, 11) is 0. The van der Waals surface area contributed by atoms with Crippen LogP contribution in [0.25, 0.3) is 11.5 Å². The number of nitrogens with one attached hydrogen (secondary N) is 4. The number of hydrogen-bond donors (Lipinski definition) is 4. The standard InChI is InChI=1S/2C14H21N4O5.2Y/c2*1-8(7-12(20)21)16-13(22)10-3-2-6-17-11(19)5-4-9(15)14(23)18(10)17;;/h2*8-10,15H,2-7H2,1H3,(H,16,22)(H,20,21);;/q2*-1;;/t8?,9-,10-;;;/m0.../s1. The fourth-order valence-corrected chi connectivity index (χ4v) is 5.85. The number of carbonyl (C=O) groups is 8. The van der Waals surface area contributed by atoms with Gasteiger partial charge in [-0.05, 0) is 39.5 Å². The van der Waals surface area contributed by atoms with Gasteiger partial charge in [-0.15, -0.1) is 0 Å². The van der Waals surface area contributed by atoms with E-state index in [1.807, 2.05) is 0 Å². The molecular weight excluding hydrogens is 786 g/mol. The van der Waals surface area contributed by atoms with Gasteiger partial charge in [-0.2, -0.15) is 0 Å². The molecule has 20 heteroatoms. The van der Waals surface area contributed by atoms with Crippen molar-refractivity contribution >= 4 is 47.4 Å². The van der Waals surface area contributed by atoms with Crippen molar-refractivity contribution in [2.24, 2.45) is 0 Å². The molecule has 48 heavy (non-hydrogen) atoms. The van der Waals surface area contributed by atoms with Gasteiger partial charge in [0.05, 0.1) is 12.8 Å². The molecular formula is C28H42N8O10Y2-2. The summed E-state index contributed by atoms with van der Waals surface area (Å²) < 4.78 is 0. The Labute approximate surface area is 328 Å². The monoisotopic (exact) mass is 828 g/mol. The quantitative estimate of drug-likeness (QED) is 0.251. The van der Waals surface area contributed by atoms with Crippen LogP contribution in [0.15, 0.2) is 0 Å². The molecule has 0 aromatic rings. The predicted molar refractivity (Wildman–Crippen MR) is 158 cm³/mol. The Morgan fingerprint density at radius 1 is 0.688 bits per heavy atom. The molecule has 6 amide bonds. The first-order valence-electron chi connectivity index (χ1n) is 15.4. The molecule has 2 radical (unpaired) electrons. The SMILES string of the molecule is CC(CC(=O)O)NC(=O)C1CCCN2C(=O)CCC([NH-])C(=O)N12.CC(CC(=O)O)NC(=O)[C@@H]1CCCN2C(=O)CC[C@H]([NH-])C(=O)N12.[Y].[Y]. The molecule has 6 N–H and O–H groups in total. The van der Waals surface area contributed by atoms with Crippen molar-refractivity contribution in [3.63, 3.8) is 0 Å². The third kappa shape index (κ3) is 11.5. The van der Waals surface area contributed by atoms with Crippen molar-refractivity contribution in [2.45, 2.75) is 114 Å². The summed E-state index contributed by atoms with van der Waals surface area (Å²) in [5.74, 6) is -4.67. The Morgan fingerprint density at radius 2 is 1.02 bits per heavy atom. The molecule has 4 rings (SSSR count). The molecule has 0 saturated carbocycles. The van der Waals surface area contributed by atoms with Gasteiger partial charge in [0, 0.05) is 103 Å². The van der Waals surface area contributed by atoms with E-state index in [1.54, 1.807) is 13.8 Å². The number of carboxylic acid groups (broad SMARTS) is 2. The second kappa shape index (κ2) is 19.9. The number of aliphatic carboxylic acids is 2. The number of hydrogen-bond acceptors (Lipinski definition) is 8. The summed E-state index contributed by atoms with van der Waals surface area (Å²) in [5, 5.41) is 27.4. The van der Waals surface area contributed by atoms with E-state index < -0.39 is 71.8 Å². The van der Waals surface area contributed by atoms with Gasteiger partial charge in [0.2, 0.25) is 35.4 Å². The zero-order valence-corrected chi connectivity index (χ0v) is 32.7. The van der Waals surface area contributed by atoms with Crippen LogP contribution < -0.4 is 10.6 Å². The van der Waals surface area contributed by atoms with E-state index in [0.717, 1.165) is 10.0 Å². The van der Waals surface area contributed by atoms with Crippen LogP contribution in [0.1, 0.15) is 78.1 Å². The van der Waals surface area contributed by atoms with Crippen LogP contribution in [-0.4, -0.2) is 127 Å². The molecule has 0 aliphatic carbocycles.